The molecule has 30 heavy (non-hydrogen) atoms. The van der Waals surface area contributed by atoms with Gasteiger partial charge in [-0.15, -0.1) is 0 Å². The van der Waals surface area contributed by atoms with Gasteiger partial charge in [0.2, 0.25) is 5.91 Å². The number of hydrogen-bond acceptors (Lipinski definition) is 4. The first-order valence-corrected chi connectivity index (χ1v) is 10.3. The molecule has 1 aromatic heterocycles. The van der Waals surface area contributed by atoms with Gasteiger partial charge in [-0.3, -0.25) is 10.1 Å². The molecule has 0 radical (unpaired) electrons. The second-order valence-electron chi connectivity index (χ2n) is 7.59. The average Bonchev–Trinajstić information content (AvgIpc) is 3.05. The van der Waals surface area contributed by atoms with E-state index < -0.39 is 6.04 Å². The standard InChI is InChI=1S/C23H29FN4O2/c1-4-30-12-11-28-20-13-17(16-5-8-18(24)9-6-16)7-10-19(20)27-21(28)14-26-22(15(2)3)23(25)29/h5-10,13,15,22,26H,4,11-12,14H2,1-3H3,(H2,25,29)/t22-/m0/s1. The molecule has 3 rings (SSSR count). The van der Waals surface area contributed by atoms with Gasteiger partial charge in [-0.2, -0.15) is 0 Å². The molecular formula is C23H29FN4O2. The summed E-state index contributed by atoms with van der Waals surface area (Å²) in [5.74, 6) is 0.256. The van der Waals surface area contributed by atoms with Crippen molar-refractivity contribution in [3.63, 3.8) is 0 Å². The van der Waals surface area contributed by atoms with Crippen molar-refractivity contribution < 1.29 is 13.9 Å². The van der Waals surface area contributed by atoms with Crippen molar-refractivity contribution in [2.45, 2.75) is 39.9 Å². The summed E-state index contributed by atoms with van der Waals surface area (Å²) in [5, 5.41) is 3.24. The zero-order valence-electron chi connectivity index (χ0n) is 17.7. The van der Waals surface area contributed by atoms with Gasteiger partial charge in [0.05, 0.1) is 30.2 Å². The highest BCUT2D eigenvalue weighted by Gasteiger charge is 2.20. The molecule has 0 unspecified atom stereocenters. The summed E-state index contributed by atoms with van der Waals surface area (Å²) in [4.78, 5) is 16.5. The van der Waals surface area contributed by atoms with Gasteiger partial charge in [0.15, 0.2) is 0 Å². The molecule has 0 bridgehead atoms. The number of amides is 1. The van der Waals surface area contributed by atoms with Crippen LogP contribution in [0.2, 0.25) is 0 Å². The van der Waals surface area contributed by atoms with Crippen LogP contribution in [0.3, 0.4) is 0 Å². The lowest BCUT2D eigenvalue weighted by molar-refractivity contribution is -0.121. The number of carbonyl (C=O) groups is 1. The third-order valence-corrected chi connectivity index (χ3v) is 5.12. The van der Waals surface area contributed by atoms with Crippen LogP contribution in [-0.4, -0.2) is 34.7 Å². The summed E-state index contributed by atoms with van der Waals surface area (Å²) in [6, 6.07) is 12.0. The normalized spacial score (nSPS) is 12.6. The summed E-state index contributed by atoms with van der Waals surface area (Å²) >= 11 is 0. The smallest absolute Gasteiger partial charge is 0.234 e. The second-order valence-corrected chi connectivity index (χ2v) is 7.59. The molecule has 0 aliphatic rings. The zero-order chi connectivity index (χ0) is 21.7. The predicted octanol–water partition coefficient (Wildman–Crippen LogP) is 3.48. The van der Waals surface area contributed by atoms with Gasteiger partial charge in [0.1, 0.15) is 11.6 Å². The Morgan fingerprint density at radius 3 is 2.53 bits per heavy atom. The topological polar surface area (TPSA) is 82.2 Å². The molecule has 160 valence electrons. The zero-order valence-corrected chi connectivity index (χ0v) is 17.7. The molecule has 0 fully saturated rings. The van der Waals surface area contributed by atoms with Crippen LogP contribution in [0, 0.1) is 11.7 Å². The Morgan fingerprint density at radius 2 is 1.90 bits per heavy atom. The Morgan fingerprint density at radius 1 is 1.20 bits per heavy atom. The van der Waals surface area contributed by atoms with Crippen molar-refractivity contribution in [1.82, 2.24) is 14.9 Å². The summed E-state index contributed by atoms with van der Waals surface area (Å²) in [6.45, 7) is 8.11. The molecule has 3 aromatic rings. The number of nitrogens with two attached hydrogens (primary N) is 1. The molecule has 0 aliphatic carbocycles. The molecule has 6 nitrogen and oxygen atoms in total. The highest BCUT2D eigenvalue weighted by atomic mass is 19.1. The van der Waals surface area contributed by atoms with E-state index in [4.69, 9.17) is 15.5 Å². The molecular weight excluding hydrogens is 383 g/mol. The number of fused-ring (bicyclic) bond motifs is 1. The van der Waals surface area contributed by atoms with Gasteiger partial charge in [-0.05, 0) is 48.2 Å². The van der Waals surface area contributed by atoms with Crippen molar-refractivity contribution in [2.24, 2.45) is 11.7 Å². The largest absolute Gasteiger partial charge is 0.380 e. The van der Waals surface area contributed by atoms with Crippen LogP contribution in [-0.2, 0) is 22.6 Å². The van der Waals surface area contributed by atoms with Crippen LogP contribution >= 0.6 is 0 Å². The number of imidazole rings is 1. The van der Waals surface area contributed by atoms with Crippen molar-refractivity contribution in [2.75, 3.05) is 13.2 Å². The number of hydrogen-bond donors (Lipinski definition) is 2. The fraction of sp³-hybridized carbons (Fsp3) is 0.391. The van der Waals surface area contributed by atoms with Crippen LogP contribution in [0.25, 0.3) is 22.2 Å². The van der Waals surface area contributed by atoms with Crippen molar-refractivity contribution >= 4 is 16.9 Å². The number of nitrogens with one attached hydrogen (secondary N) is 1. The minimum Gasteiger partial charge on any atom is -0.380 e. The van der Waals surface area contributed by atoms with Crippen molar-refractivity contribution in [3.05, 3.63) is 54.1 Å². The Hall–Kier alpha value is -2.77. The minimum atomic E-state index is -0.431. The molecule has 2 aromatic carbocycles. The quantitative estimate of drug-likeness (QED) is 0.500. The Bertz CT molecular complexity index is 998. The first-order valence-electron chi connectivity index (χ1n) is 10.3. The molecule has 1 amide bonds. The number of rotatable bonds is 10. The number of primary amides is 1. The molecule has 0 spiro atoms. The monoisotopic (exact) mass is 412 g/mol. The van der Waals surface area contributed by atoms with E-state index in [1.807, 2.05) is 32.9 Å². The molecule has 7 heteroatoms. The number of carbonyl (C=O) groups excluding carboxylic acids is 1. The van der Waals surface area contributed by atoms with Crippen LogP contribution in [0.15, 0.2) is 42.5 Å². The minimum absolute atomic E-state index is 0.0776. The summed E-state index contributed by atoms with van der Waals surface area (Å²) in [6.07, 6.45) is 0. The van der Waals surface area contributed by atoms with Gasteiger partial charge >= 0.3 is 0 Å². The first-order chi connectivity index (χ1) is 14.4. The maximum Gasteiger partial charge on any atom is 0.234 e. The second kappa shape index (κ2) is 9.82. The third-order valence-electron chi connectivity index (χ3n) is 5.12. The van der Waals surface area contributed by atoms with Crippen LogP contribution < -0.4 is 11.1 Å². The lowest BCUT2D eigenvalue weighted by atomic mass is 10.0. The van der Waals surface area contributed by atoms with Gasteiger partial charge in [0, 0.05) is 13.2 Å². The SMILES string of the molecule is CCOCCn1c(CN[C@H](C(N)=O)C(C)C)nc2ccc(-c3ccc(F)cc3)cc21. The van der Waals surface area contributed by atoms with Crippen LogP contribution in [0.5, 0.6) is 0 Å². The molecule has 1 heterocycles. The van der Waals surface area contributed by atoms with E-state index >= 15 is 0 Å². The van der Waals surface area contributed by atoms with E-state index in [2.05, 4.69) is 16.0 Å². The van der Waals surface area contributed by atoms with E-state index in [9.17, 15) is 9.18 Å². The van der Waals surface area contributed by atoms with E-state index in [-0.39, 0.29) is 17.6 Å². The molecule has 3 N–H and O–H groups in total. The van der Waals surface area contributed by atoms with Gasteiger partial charge < -0.3 is 15.0 Å². The number of benzene rings is 2. The summed E-state index contributed by atoms with van der Waals surface area (Å²) in [7, 11) is 0. The van der Waals surface area contributed by atoms with Gasteiger partial charge in [-0.1, -0.05) is 32.0 Å². The lowest BCUT2D eigenvalue weighted by Crippen LogP contribution is -2.44. The number of halogens is 1. The van der Waals surface area contributed by atoms with Gasteiger partial charge in [-0.25, -0.2) is 9.37 Å². The van der Waals surface area contributed by atoms with E-state index in [0.717, 1.165) is 28.0 Å². The Balaban J connectivity index is 1.95. The average molecular weight is 413 g/mol. The maximum atomic E-state index is 13.3. The van der Waals surface area contributed by atoms with Crippen LogP contribution in [0.1, 0.15) is 26.6 Å². The number of ether oxygens (including phenoxy) is 1. The van der Waals surface area contributed by atoms with E-state index in [0.29, 0.717) is 26.3 Å². The molecule has 0 saturated carbocycles. The Kier molecular flexibility index (Phi) is 7.18. The Labute approximate surface area is 176 Å². The first kappa shape index (κ1) is 21.9. The van der Waals surface area contributed by atoms with Crippen molar-refractivity contribution in [1.29, 1.82) is 0 Å². The number of aromatic nitrogens is 2. The molecule has 1 atom stereocenters. The van der Waals surface area contributed by atoms with Crippen LogP contribution in [0.4, 0.5) is 4.39 Å². The van der Waals surface area contributed by atoms with E-state index in [1.54, 1.807) is 12.1 Å². The maximum absolute atomic E-state index is 13.3. The van der Waals surface area contributed by atoms with Crippen molar-refractivity contribution in [3.8, 4) is 11.1 Å². The summed E-state index contributed by atoms with van der Waals surface area (Å²) < 4.78 is 20.9. The summed E-state index contributed by atoms with van der Waals surface area (Å²) in [5.41, 5.74) is 9.27. The predicted molar refractivity (Wildman–Crippen MR) is 116 cm³/mol. The highest BCUT2D eigenvalue weighted by Crippen LogP contribution is 2.26. The van der Waals surface area contributed by atoms with Gasteiger partial charge in [0.25, 0.3) is 0 Å². The lowest BCUT2D eigenvalue weighted by Gasteiger charge is -2.19. The fourth-order valence-corrected chi connectivity index (χ4v) is 3.55. The fourth-order valence-electron chi connectivity index (χ4n) is 3.55. The third kappa shape index (κ3) is 5.04. The highest BCUT2D eigenvalue weighted by molar-refractivity contribution is 5.83. The molecule has 0 aliphatic heterocycles. The molecule has 0 saturated heterocycles. The van der Waals surface area contributed by atoms with E-state index in [1.165, 1.54) is 12.1 Å². The number of nitrogens with zero attached hydrogens (tertiary/aromatic N) is 2.